The molecule has 0 bridgehead atoms. The second-order valence-corrected chi connectivity index (χ2v) is 7.56. The fraction of sp³-hybridized carbons (Fsp3) is 0.684. The van der Waals surface area contributed by atoms with Gasteiger partial charge >= 0.3 is 0 Å². The van der Waals surface area contributed by atoms with Gasteiger partial charge in [0.05, 0.1) is 0 Å². The molecule has 2 N–H and O–H groups in total. The van der Waals surface area contributed by atoms with Gasteiger partial charge in [0.2, 0.25) is 0 Å². The van der Waals surface area contributed by atoms with E-state index in [1.807, 2.05) is 0 Å². The SMILES string of the molecule is Fc1cc(C2CCN(C3CNC3)CC2)cc(F)c1[C@H]1CCCNC1. The van der Waals surface area contributed by atoms with E-state index >= 15 is 0 Å². The second kappa shape index (κ2) is 7.06. The predicted octanol–water partition coefficient (Wildman–Crippen LogP) is 2.58. The van der Waals surface area contributed by atoms with Crippen LogP contribution in [0, 0.1) is 11.6 Å². The van der Waals surface area contributed by atoms with Crippen LogP contribution in [0.4, 0.5) is 8.78 Å². The third-order valence-corrected chi connectivity index (χ3v) is 6.08. The molecule has 0 aliphatic carbocycles. The van der Waals surface area contributed by atoms with Gasteiger partial charge < -0.3 is 10.6 Å². The summed E-state index contributed by atoms with van der Waals surface area (Å²) in [6, 6.07) is 3.89. The Kier molecular flexibility index (Phi) is 4.83. The van der Waals surface area contributed by atoms with Gasteiger partial charge in [-0.3, -0.25) is 4.90 Å². The van der Waals surface area contributed by atoms with E-state index in [2.05, 4.69) is 15.5 Å². The Bertz CT molecular complexity index is 551. The molecule has 3 fully saturated rings. The quantitative estimate of drug-likeness (QED) is 0.889. The zero-order chi connectivity index (χ0) is 16.5. The van der Waals surface area contributed by atoms with Crippen LogP contribution in [0.2, 0.25) is 0 Å². The predicted molar refractivity (Wildman–Crippen MR) is 91.4 cm³/mol. The molecule has 1 aromatic carbocycles. The van der Waals surface area contributed by atoms with Crippen molar-refractivity contribution in [2.24, 2.45) is 0 Å². The van der Waals surface area contributed by atoms with E-state index in [1.54, 1.807) is 12.1 Å². The van der Waals surface area contributed by atoms with Crippen LogP contribution < -0.4 is 10.6 Å². The third kappa shape index (κ3) is 3.22. The molecule has 3 saturated heterocycles. The molecule has 0 saturated carbocycles. The summed E-state index contributed by atoms with van der Waals surface area (Å²) in [7, 11) is 0. The van der Waals surface area contributed by atoms with Gasteiger partial charge in [-0.15, -0.1) is 0 Å². The molecule has 132 valence electrons. The number of nitrogens with one attached hydrogen (secondary N) is 2. The Morgan fingerprint density at radius 1 is 0.875 bits per heavy atom. The highest BCUT2D eigenvalue weighted by atomic mass is 19.1. The van der Waals surface area contributed by atoms with Crippen molar-refractivity contribution in [3.63, 3.8) is 0 Å². The van der Waals surface area contributed by atoms with E-state index in [4.69, 9.17) is 0 Å². The van der Waals surface area contributed by atoms with Crippen LogP contribution in [-0.2, 0) is 0 Å². The highest BCUT2D eigenvalue weighted by molar-refractivity contribution is 5.32. The number of likely N-dealkylation sites (tertiary alicyclic amines) is 1. The number of hydrogen-bond acceptors (Lipinski definition) is 3. The fourth-order valence-corrected chi connectivity index (χ4v) is 4.46. The molecule has 4 rings (SSSR count). The zero-order valence-corrected chi connectivity index (χ0v) is 14.2. The molecule has 0 radical (unpaired) electrons. The number of hydrogen-bond donors (Lipinski definition) is 2. The van der Waals surface area contributed by atoms with Crippen LogP contribution in [0.3, 0.4) is 0 Å². The first-order valence-corrected chi connectivity index (χ1v) is 9.36. The van der Waals surface area contributed by atoms with Crippen LogP contribution in [0.25, 0.3) is 0 Å². The normalized spacial score (nSPS) is 27.2. The first-order chi connectivity index (χ1) is 11.7. The molecule has 0 aromatic heterocycles. The molecule has 1 atom stereocenters. The molecule has 5 heteroatoms. The Morgan fingerprint density at radius 2 is 1.58 bits per heavy atom. The minimum atomic E-state index is -0.343. The number of halogens is 2. The van der Waals surface area contributed by atoms with Crippen molar-refractivity contribution in [1.29, 1.82) is 0 Å². The van der Waals surface area contributed by atoms with E-state index in [1.165, 1.54) is 0 Å². The lowest BCUT2D eigenvalue weighted by Gasteiger charge is -2.42. The van der Waals surface area contributed by atoms with E-state index in [-0.39, 0.29) is 23.5 Å². The summed E-state index contributed by atoms with van der Waals surface area (Å²) >= 11 is 0. The van der Waals surface area contributed by atoms with Crippen molar-refractivity contribution >= 4 is 0 Å². The van der Waals surface area contributed by atoms with Crippen LogP contribution in [0.5, 0.6) is 0 Å². The van der Waals surface area contributed by atoms with Crippen LogP contribution in [0.1, 0.15) is 48.6 Å². The van der Waals surface area contributed by atoms with Crippen LogP contribution >= 0.6 is 0 Å². The van der Waals surface area contributed by atoms with Crippen molar-refractivity contribution in [3.05, 3.63) is 34.9 Å². The maximum atomic E-state index is 14.6. The Morgan fingerprint density at radius 3 is 2.12 bits per heavy atom. The number of benzene rings is 1. The van der Waals surface area contributed by atoms with Gasteiger partial charge in [-0.25, -0.2) is 8.78 Å². The monoisotopic (exact) mass is 335 g/mol. The summed E-state index contributed by atoms with van der Waals surface area (Å²) in [6.07, 6.45) is 3.85. The summed E-state index contributed by atoms with van der Waals surface area (Å²) in [5, 5.41) is 6.56. The topological polar surface area (TPSA) is 27.3 Å². The molecular weight excluding hydrogens is 308 g/mol. The highest BCUT2D eigenvalue weighted by Gasteiger charge is 2.30. The molecule has 3 nitrogen and oxygen atoms in total. The Labute approximate surface area is 142 Å². The van der Waals surface area contributed by atoms with Gasteiger partial charge in [0.25, 0.3) is 0 Å². The Hall–Kier alpha value is -1.04. The average molecular weight is 335 g/mol. The largest absolute Gasteiger partial charge is 0.316 e. The van der Waals surface area contributed by atoms with Gasteiger partial charge in [0.1, 0.15) is 11.6 Å². The summed E-state index contributed by atoms with van der Waals surface area (Å²) in [5.41, 5.74) is 1.15. The minimum absolute atomic E-state index is 0.0271. The lowest BCUT2D eigenvalue weighted by Crippen LogP contribution is -2.58. The molecule has 1 aromatic rings. The van der Waals surface area contributed by atoms with E-state index in [9.17, 15) is 8.78 Å². The molecule has 0 spiro atoms. The van der Waals surface area contributed by atoms with Gasteiger partial charge in [-0.1, -0.05) is 0 Å². The average Bonchev–Trinajstić information content (AvgIpc) is 2.54. The lowest BCUT2D eigenvalue weighted by atomic mass is 9.85. The van der Waals surface area contributed by atoms with Gasteiger partial charge in [-0.05, 0) is 68.9 Å². The van der Waals surface area contributed by atoms with Gasteiger partial charge in [-0.2, -0.15) is 0 Å². The second-order valence-electron chi connectivity index (χ2n) is 7.56. The summed E-state index contributed by atoms with van der Waals surface area (Å²) in [6.45, 7) is 5.87. The summed E-state index contributed by atoms with van der Waals surface area (Å²) < 4.78 is 29.3. The maximum Gasteiger partial charge on any atom is 0.129 e. The van der Waals surface area contributed by atoms with Crippen molar-refractivity contribution in [1.82, 2.24) is 15.5 Å². The van der Waals surface area contributed by atoms with E-state index in [0.717, 1.165) is 64.0 Å². The van der Waals surface area contributed by atoms with Crippen LogP contribution in [-0.4, -0.2) is 50.2 Å². The number of rotatable bonds is 3. The number of piperidine rings is 2. The molecular formula is C19H27F2N3. The minimum Gasteiger partial charge on any atom is -0.316 e. The maximum absolute atomic E-state index is 14.6. The fourth-order valence-electron chi connectivity index (χ4n) is 4.46. The molecule has 24 heavy (non-hydrogen) atoms. The first-order valence-electron chi connectivity index (χ1n) is 9.36. The number of nitrogens with zero attached hydrogens (tertiary/aromatic N) is 1. The van der Waals surface area contributed by atoms with Crippen LogP contribution in [0.15, 0.2) is 12.1 Å². The Balaban J connectivity index is 1.46. The van der Waals surface area contributed by atoms with Crippen molar-refractivity contribution in [2.45, 2.75) is 43.6 Å². The van der Waals surface area contributed by atoms with Gasteiger partial charge in [0.15, 0.2) is 0 Å². The summed E-state index contributed by atoms with van der Waals surface area (Å²) in [5.74, 6) is -0.425. The molecule has 3 heterocycles. The highest BCUT2D eigenvalue weighted by Crippen LogP contribution is 2.34. The zero-order valence-electron chi connectivity index (χ0n) is 14.2. The molecule has 0 unspecified atom stereocenters. The molecule has 3 aliphatic rings. The summed E-state index contributed by atoms with van der Waals surface area (Å²) in [4.78, 5) is 2.52. The van der Waals surface area contributed by atoms with E-state index in [0.29, 0.717) is 18.2 Å². The third-order valence-electron chi connectivity index (χ3n) is 6.08. The lowest BCUT2D eigenvalue weighted by molar-refractivity contribution is 0.113. The van der Waals surface area contributed by atoms with E-state index < -0.39 is 0 Å². The standard InChI is InChI=1S/C19H27F2N3/c20-17-8-15(9-18(21)19(17)14-2-1-5-22-10-14)13-3-6-24(7-4-13)16-11-23-12-16/h8-9,13-14,16,22-23H,1-7,10-12H2/t14-/m0/s1. The smallest absolute Gasteiger partial charge is 0.129 e. The molecule has 0 amide bonds. The van der Waals surface area contributed by atoms with Crippen molar-refractivity contribution in [3.8, 4) is 0 Å². The molecule has 3 aliphatic heterocycles. The van der Waals surface area contributed by atoms with Crippen molar-refractivity contribution in [2.75, 3.05) is 39.3 Å². The van der Waals surface area contributed by atoms with Crippen molar-refractivity contribution < 1.29 is 8.78 Å². The first kappa shape index (κ1) is 16.4. The van der Waals surface area contributed by atoms with Gasteiger partial charge in [0, 0.05) is 37.2 Å².